The van der Waals surface area contributed by atoms with Crippen LogP contribution < -0.4 is 0 Å². The van der Waals surface area contributed by atoms with Gasteiger partial charge >= 0.3 is 0 Å². The van der Waals surface area contributed by atoms with Gasteiger partial charge in [0.05, 0.1) is 31.0 Å². The molecular weight excluding hydrogens is 1090 g/mol. The van der Waals surface area contributed by atoms with E-state index in [1.54, 1.807) is 45.0 Å². The van der Waals surface area contributed by atoms with Gasteiger partial charge in [-0.1, -0.05) is 229 Å². The Morgan fingerprint density at radius 3 is 0.943 bits per heavy atom. The molecule has 0 radical (unpaired) electrons. The lowest BCUT2D eigenvalue weighted by Crippen LogP contribution is -2.36. The van der Waals surface area contributed by atoms with E-state index in [0.717, 1.165) is 17.7 Å². The summed E-state index contributed by atoms with van der Waals surface area (Å²) in [5, 5.41) is 38.5. The molecule has 6 nitrogen and oxygen atoms in total. The molecule has 87 heavy (non-hydrogen) atoms. The molecule has 1 heterocycles. The Hall–Kier alpha value is -5.20. The van der Waals surface area contributed by atoms with Crippen LogP contribution in [0.3, 0.4) is 0 Å². The van der Waals surface area contributed by atoms with E-state index < -0.39 is 24.7 Å². The molecule has 484 valence electrons. The fourth-order valence-corrected chi connectivity index (χ4v) is 12.7. The molecule has 0 bridgehead atoms. The molecule has 2 unspecified atom stereocenters. The number of benzene rings is 6. The zero-order valence-corrected chi connectivity index (χ0v) is 56.3. The number of aliphatic hydroxyl groups is 4. The van der Waals surface area contributed by atoms with Crippen molar-refractivity contribution >= 4 is 0 Å². The van der Waals surface area contributed by atoms with Crippen LogP contribution in [0.25, 0.3) is 0 Å². The first-order chi connectivity index (χ1) is 40.9. The van der Waals surface area contributed by atoms with Crippen molar-refractivity contribution in [1.82, 2.24) is 4.90 Å². The molecule has 1 fully saturated rings. The molecule has 0 aromatic heterocycles. The molecule has 4 N–H and O–H groups in total. The number of hydrogen-bond acceptors (Lipinski definition) is 6. The molecular formula is C77H113F4NO5. The maximum Gasteiger partial charge on any atom is 0.195 e. The molecule has 1 saturated heterocycles. The molecule has 10 heteroatoms. The molecule has 1 aliphatic rings. The number of likely N-dealkylation sites (tertiary alicyclic amines) is 1. The number of nitrogens with zero attached hydrogens (tertiary/aromatic N) is 1. The quantitative estimate of drug-likeness (QED) is 0.0569. The summed E-state index contributed by atoms with van der Waals surface area (Å²) >= 11 is 0. The fraction of sp³-hybridized carbons (Fsp3) is 0.532. The van der Waals surface area contributed by atoms with Gasteiger partial charge in [-0.3, -0.25) is 4.90 Å². The van der Waals surface area contributed by atoms with Gasteiger partial charge in [-0.25, -0.2) is 17.6 Å². The van der Waals surface area contributed by atoms with Crippen LogP contribution >= 0.6 is 0 Å². The molecule has 7 rings (SSSR count). The summed E-state index contributed by atoms with van der Waals surface area (Å²) in [6, 6.07) is 53.7. The van der Waals surface area contributed by atoms with Crippen molar-refractivity contribution in [2.45, 2.75) is 203 Å². The monoisotopic (exact) mass is 1210 g/mol. The van der Waals surface area contributed by atoms with E-state index in [9.17, 15) is 38.0 Å². The zero-order chi connectivity index (χ0) is 65.7. The third-order valence-corrected chi connectivity index (χ3v) is 16.7. The van der Waals surface area contributed by atoms with Crippen molar-refractivity contribution in [1.29, 1.82) is 0 Å². The molecule has 6 aromatic rings. The number of alkyl halides is 2. The van der Waals surface area contributed by atoms with Crippen molar-refractivity contribution in [2.75, 3.05) is 20.2 Å². The second-order valence-electron chi connectivity index (χ2n) is 26.1. The zero-order valence-electron chi connectivity index (χ0n) is 56.3. The van der Waals surface area contributed by atoms with E-state index in [2.05, 4.69) is 156 Å². The Balaban J connectivity index is 0.000000357. The first-order valence-electron chi connectivity index (χ1n) is 32.0. The summed E-state index contributed by atoms with van der Waals surface area (Å²) in [5.41, 5.74) is 6.95. The van der Waals surface area contributed by atoms with Crippen LogP contribution in [0, 0.1) is 53.1 Å². The number of aliphatic hydroxyl groups excluding tert-OH is 4. The summed E-state index contributed by atoms with van der Waals surface area (Å²) in [6.07, 6.45) is -3.33. The third-order valence-electron chi connectivity index (χ3n) is 16.7. The first-order valence-corrected chi connectivity index (χ1v) is 32.0. The van der Waals surface area contributed by atoms with Gasteiger partial charge in [0.15, 0.2) is 6.36 Å². The Labute approximate surface area is 524 Å². The lowest BCUT2D eigenvalue weighted by atomic mass is 9.77. The van der Waals surface area contributed by atoms with E-state index >= 15 is 0 Å². The van der Waals surface area contributed by atoms with E-state index in [1.807, 2.05) is 74.5 Å². The number of hydrogen-bond donors (Lipinski definition) is 4. The van der Waals surface area contributed by atoms with Crippen molar-refractivity contribution in [3.63, 3.8) is 0 Å². The molecule has 0 aliphatic carbocycles. The minimum Gasteiger partial charge on any atom is -0.393 e. The Morgan fingerprint density at radius 1 is 0.402 bits per heavy atom. The maximum atomic E-state index is 14.0. The number of halogens is 4. The molecule has 0 amide bonds. The van der Waals surface area contributed by atoms with Gasteiger partial charge in [-0.15, -0.1) is 0 Å². The second kappa shape index (κ2) is 40.4. The Morgan fingerprint density at radius 2 is 0.690 bits per heavy atom. The summed E-state index contributed by atoms with van der Waals surface area (Å²) in [7, 11) is 2.05. The van der Waals surface area contributed by atoms with Gasteiger partial charge in [-0.2, -0.15) is 0 Å². The molecule has 0 saturated carbocycles. The predicted molar refractivity (Wildman–Crippen MR) is 358 cm³/mol. The van der Waals surface area contributed by atoms with Gasteiger partial charge in [0.2, 0.25) is 0 Å². The van der Waals surface area contributed by atoms with Gasteiger partial charge in [0, 0.05) is 48.1 Å². The first kappa shape index (κ1) is 77.9. The minimum absolute atomic E-state index is 0.0137. The van der Waals surface area contributed by atoms with Crippen LogP contribution in [0.15, 0.2) is 170 Å². The number of rotatable bonds is 20. The lowest BCUT2D eigenvalue weighted by molar-refractivity contribution is -0.0350. The summed E-state index contributed by atoms with van der Waals surface area (Å²) in [4.78, 5) is 2.20. The summed E-state index contributed by atoms with van der Waals surface area (Å²) < 4.78 is 57.0. The maximum absolute atomic E-state index is 14.0. The highest BCUT2D eigenvalue weighted by Crippen LogP contribution is 2.43. The normalized spacial score (nSPS) is 18.7. The smallest absolute Gasteiger partial charge is 0.195 e. The minimum atomic E-state index is -1.19. The van der Waals surface area contributed by atoms with E-state index in [4.69, 9.17) is 4.74 Å². The highest BCUT2D eigenvalue weighted by molar-refractivity contribution is 5.27. The summed E-state index contributed by atoms with van der Waals surface area (Å²) in [6.45, 7) is 37.4. The number of likely N-dealkylation sites (N-methyl/N-ethyl adjacent to an activating group) is 1. The number of ether oxygens (including phenoxy) is 1. The topological polar surface area (TPSA) is 93.4 Å². The Kier molecular flexibility index (Phi) is 36.2. The average Bonchev–Trinajstić information content (AvgIpc) is 2.61. The van der Waals surface area contributed by atoms with E-state index in [0.29, 0.717) is 54.0 Å². The van der Waals surface area contributed by atoms with Crippen molar-refractivity contribution in [3.8, 4) is 0 Å². The van der Waals surface area contributed by atoms with Crippen LogP contribution in [0.5, 0.6) is 0 Å². The Bertz CT molecular complexity index is 2480. The highest BCUT2D eigenvalue weighted by atomic mass is 19.1. The highest BCUT2D eigenvalue weighted by Gasteiger charge is 2.44. The van der Waals surface area contributed by atoms with Crippen LogP contribution in [0.2, 0.25) is 0 Å². The molecule has 0 spiro atoms. The SMILES string of the molecule is CC(C)[C@@H](c1ccc(F)cc1)[C@@H](C)O.CC(C)[C@@H](c1ccc(F)cc1)[C@H](C)O.CC(C)[C@@H](c1ccccc1)[C@@H](C)O.CC(C)[C@@H](c1ccccc1)[C@H](C)O.CC(F)OC[C@H](c1ccccc1)C(C)C.CC(F)[C@@H]1[C@@H](c2ccccc2)[C@H](C(C)C)CN1C. The van der Waals surface area contributed by atoms with Crippen LogP contribution in [-0.4, -0.2) is 88.5 Å². The second-order valence-corrected chi connectivity index (χ2v) is 26.1. The predicted octanol–water partition coefficient (Wildman–Crippen LogP) is 19.0. The fourth-order valence-electron chi connectivity index (χ4n) is 12.7. The largest absolute Gasteiger partial charge is 0.393 e. The van der Waals surface area contributed by atoms with Crippen molar-refractivity contribution in [2.24, 2.45) is 41.4 Å². The van der Waals surface area contributed by atoms with Crippen LogP contribution in [0.1, 0.15) is 194 Å². The van der Waals surface area contributed by atoms with Gasteiger partial charge < -0.3 is 25.2 Å². The van der Waals surface area contributed by atoms with E-state index in [-0.39, 0.29) is 59.5 Å². The van der Waals surface area contributed by atoms with E-state index in [1.165, 1.54) is 53.4 Å². The van der Waals surface area contributed by atoms with Gasteiger partial charge in [0.1, 0.15) is 17.8 Å². The molecule has 14 atom stereocenters. The van der Waals surface area contributed by atoms with Crippen molar-refractivity contribution in [3.05, 3.63) is 215 Å². The van der Waals surface area contributed by atoms with Gasteiger partial charge in [-0.05, 0) is 148 Å². The molecule has 6 aromatic carbocycles. The average molecular weight is 1210 g/mol. The summed E-state index contributed by atoms with van der Waals surface area (Å²) in [5.74, 6) is 4.00. The lowest BCUT2D eigenvalue weighted by Gasteiger charge is -2.29. The van der Waals surface area contributed by atoms with Crippen LogP contribution in [-0.2, 0) is 4.74 Å². The standard InChI is InChI=1S/C16H24FN.C13H19FO.2C12H17FO.2C12H18O/c1-11(2)14-10-18(4)16(12(3)17)15(14)13-8-6-5-7-9-13;1-10(2)13(9-15-11(3)14)12-7-5-4-6-8-12;2*1-8(2)12(9(3)14)10-4-6-11(13)7-5-10;2*1-9(2)12(10(3)13)11-7-5-4-6-8-11/h5-9,11-12,14-16H,10H2,1-4H3;4-8,10-11,13H,9H2,1-3H3;2*4-9,12,14H,1-3H3;2*4-10,12-13H,1-3H3/t12?,14-,15-,16+;11?,13-;9-,12+;9-,12-;10-,12+;10-,12-/m000101/s1. The van der Waals surface area contributed by atoms with Crippen LogP contribution in [0.4, 0.5) is 17.6 Å². The van der Waals surface area contributed by atoms with Crippen molar-refractivity contribution < 1.29 is 42.7 Å². The van der Waals surface area contributed by atoms with Gasteiger partial charge in [0.25, 0.3) is 0 Å². The third kappa shape index (κ3) is 27.2. The molecule has 1 aliphatic heterocycles.